The average Bonchev–Trinajstić information content (AvgIpc) is 3.02. The zero-order valence-electron chi connectivity index (χ0n) is 19.1. The van der Waals surface area contributed by atoms with Crippen molar-refractivity contribution in [3.8, 4) is 11.1 Å². The van der Waals surface area contributed by atoms with Crippen LogP contribution in [0, 0.1) is 25.2 Å². The molecule has 0 radical (unpaired) electrons. The third kappa shape index (κ3) is 4.10. The summed E-state index contributed by atoms with van der Waals surface area (Å²) in [5, 5.41) is 12.4. The van der Waals surface area contributed by atoms with Crippen molar-refractivity contribution in [2.75, 3.05) is 0 Å². The molecule has 3 aromatic rings. The maximum absolute atomic E-state index is 13.3. The predicted octanol–water partition coefficient (Wildman–Crippen LogP) is 6.00. The Balaban J connectivity index is 1.33. The molecule has 33 heavy (non-hydrogen) atoms. The van der Waals surface area contributed by atoms with E-state index in [4.69, 9.17) is 5.11 Å². The summed E-state index contributed by atoms with van der Waals surface area (Å²) < 4.78 is 0. The Labute approximate surface area is 198 Å². The van der Waals surface area contributed by atoms with E-state index in [1.807, 2.05) is 13.0 Å². The minimum atomic E-state index is -0.682. The molecule has 5 rings (SSSR count). The van der Waals surface area contributed by atoms with Gasteiger partial charge < -0.3 is 10.4 Å². The lowest BCUT2D eigenvalue weighted by atomic mass is 9.50. The van der Waals surface area contributed by atoms with Crippen molar-refractivity contribution >= 4 is 23.2 Å². The lowest BCUT2D eigenvalue weighted by molar-refractivity contribution is -0.155. The second-order valence-corrected chi connectivity index (χ2v) is 11.2. The van der Waals surface area contributed by atoms with Crippen molar-refractivity contribution < 1.29 is 14.7 Å². The molecule has 0 saturated heterocycles. The molecular weight excluding hydrogens is 430 g/mol. The molecule has 5 heteroatoms. The van der Waals surface area contributed by atoms with Crippen LogP contribution in [0.25, 0.3) is 11.1 Å². The van der Waals surface area contributed by atoms with Gasteiger partial charge in [0.25, 0.3) is 5.91 Å². The smallest absolute Gasteiger partial charge is 0.306 e. The van der Waals surface area contributed by atoms with Gasteiger partial charge in [0.05, 0.1) is 11.5 Å². The van der Waals surface area contributed by atoms with Gasteiger partial charge in [-0.15, -0.1) is 11.3 Å². The number of aliphatic carboxylic acids is 1. The zero-order chi connectivity index (χ0) is 23.2. The number of hydrogen-bond acceptors (Lipinski definition) is 3. The van der Waals surface area contributed by atoms with Crippen LogP contribution in [0.3, 0.4) is 0 Å². The van der Waals surface area contributed by atoms with Crippen LogP contribution < -0.4 is 5.32 Å². The third-order valence-electron chi connectivity index (χ3n) is 7.48. The molecule has 0 aliphatic heterocycles. The lowest BCUT2D eigenvalue weighted by Crippen LogP contribution is -2.57. The van der Waals surface area contributed by atoms with Crippen LogP contribution in [0.1, 0.15) is 56.9 Å². The van der Waals surface area contributed by atoms with Gasteiger partial charge in [0, 0.05) is 15.8 Å². The van der Waals surface area contributed by atoms with Crippen molar-refractivity contribution in [3.05, 3.63) is 81.0 Å². The molecule has 170 valence electrons. The van der Waals surface area contributed by atoms with E-state index in [2.05, 4.69) is 60.8 Å². The van der Waals surface area contributed by atoms with Crippen LogP contribution in [0.4, 0.5) is 0 Å². The SMILES string of the molecule is Cc1sc(C)c(C(=O)NC2CC3(C2)CC(C(=O)O)C3)c1Cc1ccccc1-c1ccccc1. The average molecular weight is 460 g/mol. The number of carboxylic acids is 1. The van der Waals surface area contributed by atoms with E-state index in [0.717, 1.165) is 48.1 Å². The first kappa shape index (κ1) is 21.9. The highest BCUT2D eigenvalue weighted by Gasteiger charge is 2.55. The Morgan fingerprint density at radius 2 is 1.64 bits per heavy atom. The van der Waals surface area contributed by atoms with Crippen molar-refractivity contribution in [2.24, 2.45) is 11.3 Å². The highest BCUT2D eigenvalue weighted by atomic mass is 32.1. The van der Waals surface area contributed by atoms with Gasteiger partial charge in [-0.05, 0) is 73.6 Å². The maximum atomic E-state index is 13.3. The quantitative estimate of drug-likeness (QED) is 0.475. The summed E-state index contributed by atoms with van der Waals surface area (Å²) in [5.41, 5.74) is 5.68. The van der Waals surface area contributed by atoms with E-state index < -0.39 is 5.97 Å². The Morgan fingerprint density at radius 1 is 0.970 bits per heavy atom. The molecule has 2 N–H and O–H groups in total. The Morgan fingerprint density at radius 3 is 2.33 bits per heavy atom. The van der Waals surface area contributed by atoms with Gasteiger partial charge in [-0.25, -0.2) is 0 Å². The summed E-state index contributed by atoms with van der Waals surface area (Å²) in [6.45, 7) is 4.14. The van der Waals surface area contributed by atoms with E-state index >= 15 is 0 Å². The van der Waals surface area contributed by atoms with Gasteiger partial charge in [-0.2, -0.15) is 0 Å². The van der Waals surface area contributed by atoms with Crippen molar-refractivity contribution in [2.45, 2.75) is 52.0 Å². The minimum absolute atomic E-state index is 0.0120. The molecule has 2 fully saturated rings. The molecule has 0 unspecified atom stereocenters. The number of rotatable bonds is 6. The first-order chi connectivity index (χ1) is 15.8. The normalized spacial score (nSPS) is 23.6. The second-order valence-electron chi connectivity index (χ2n) is 9.79. The minimum Gasteiger partial charge on any atom is -0.481 e. The monoisotopic (exact) mass is 459 g/mol. The van der Waals surface area contributed by atoms with E-state index in [1.165, 1.54) is 21.6 Å². The Hall–Kier alpha value is -2.92. The van der Waals surface area contributed by atoms with Gasteiger partial charge in [-0.3, -0.25) is 9.59 Å². The number of hydrogen-bond donors (Lipinski definition) is 2. The van der Waals surface area contributed by atoms with Crippen LogP contribution in [0.2, 0.25) is 0 Å². The first-order valence-electron chi connectivity index (χ1n) is 11.6. The van der Waals surface area contributed by atoms with Crippen molar-refractivity contribution in [3.63, 3.8) is 0 Å². The van der Waals surface area contributed by atoms with E-state index in [0.29, 0.717) is 0 Å². The molecule has 1 heterocycles. The number of carboxylic acid groups (broad SMARTS) is 1. The fourth-order valence-electron chi connectivity index (χ4n) is 5.84. The molecule has 1 aromatic heterocycles. The van der Waals surface area contributed by atoms with E-state index in [1.54, 1.807) is 11.3 Å². The van der Waals surface area contributed by atoms with Gasteiger partial charge in [0.2, 0.25) is 0 Å². The number of aryl methyl sites for hydroxylation is 2. The fraction of sp³-hybridized carbons (Fsp3) is 0.357. The van der Waals surface area contributed by atoms with Crippen LogP contribution in [-0.4, -0.2) is 23.0 Å². The summed E-state index contributed by atoms with van der Waals surface area (Å²) in [5.74, 6) is -0.865. The molecule has 2 aromatic carbocycles. The Bertz CT molecular complexity index is 1200. The summed E-state index contributed by atoms with van der Waals surface area (Å²) in [6, 6.07) is 19.0. The van der Waals surface area contributed by atoms with Gasteiger partial charge >= 0.3 is 5.97 Å². The van der Waals surface area contributed by atoms with Gasteiger partial charge in [0.1, 0.15) is 0 Å². The highest BCUT2D eigenvalue weighted by molar-refractivity contribution is 7.12. The molecule has 1 spiro atoms. The Kier molecular flexibility index (Phi) is 5.61. The first-order valence-corrected chi connectivity index (χ1v) is 12.4. The van der Waals surface area contributed by atoms with Crippen LogP contribution in [0.15, 0.2) is 54.6 Å². The highest BCUT2D eigenvalue weighted by Crippen LogP contribution is 2.58. The number of nitrogens with one attached hydrogen (secondary N) is 1. The van der Waals surface area contributed by atoms with Crippen molar-refractivity contribution in [1.29, 1.82) is 0 Å². The molecular formula is C28H29NO3S. The summed E-state index contributed by atoms with van der Waals surface area (Å²) in [4.78, 5) is 26.7. The van der Waals surface area contributed by atoms with E-state index in [-0.39, 0.29) is 23.3 Å². The lowest BCUT2D eigenvalue weighted by Gasteiger charge is -2.56. The van der Waals surface area contributed by atoms with Gasteiger partial charge in [0.15, 0.2) is 0 Å². The molecule has 2 saturated carbocycles. The molecule has 4 nitrogen and oxygen atoms in total. The molecule has 1 amide bonds. The summed E-state index contributed by atoms with van der Waals surface area (Å²) in [7, 11) is 0. The van der Waals surface area contributed by atoms with Crippen LogP contribution in [0.5, 0.6) is 0 Å². The molecule has 0 bridgehead atoms. The number of thiophene rings is 1. The second kappa shape index (κ2) is 8.45. The third-order valence-corrected chi connectivity index (χ3v) is 8.55. The summed E-state index contributed by atoms with van der Waals surface area (Å²) >= 11 is 1.69. The number of benzene rings is 2. The maximum Gasteiger partial charge on any atom is 0.306 e. The number of carbonyl (C=O) groups is 2. The fourth-order valence-corrected chi connectivity index (χ4v) is 6.92. The van der Waals surface area contributed by atoms with E-state index in [9.17, 15) is 9.59 Å². The van der Waals surface area contributed by atoms with Gasteiger partial charge in [-0.1, -0.05) is 54.6 Å². The standard InChI is InChI=1S/C28H29NO3S/c1-17-24(12-20-10-6-7-11-23(20)19-8-4-3-5-9-19)25(18(2)33-17)26(30)29-22-15-28(16-22)13-21(14-28)27(31)32/h3-11,21-22H,12-16H2,1-2H3,(H,29,30)(H,31,32). The van der Waals surface area contributed by atoms with Crippen LogP contribution in [-0.2, 0) is 11.2 Å². The molecule has 2 aliphatic carbocycles. The van der Waals surface area contributed by atoms with Crippen LogP contribution >= 0.6 is 11.3 Å². The summed E-state index contributed by atoms with van der Waals surface area (Å²) in [6.07, 6.45) is 4.03. The zero-order valence-corrected chi connectivity index (χ0v) is 19.9. The molecule has 0 atom stereocenters. The predicted molar refractivity (Wildman–Crippen MR) is 132 cm³/mol. The number of amides is 1. The number of carbonyl (C=O) groups excluding carboxylic acids is 1. The molecule has 2 aliphatic rings. The van der Waals surface area contributed by atoms with Crippen molar-refractivity contribution in [1.82, 2.24) is 5.32 Å². The topological polar surface area (TPSA) is 66.4 Å². The largest absolute Gasteiger partial charge is 0.481 e.